The van der Waals surface area contributed by atoms with Crippen LogP contribution in [0.3, 0.4) is 0 Å². The summed E-state index contributed by atoms with van der Waals surface area (Å²) >= 11 is 0. The third-order valence-corrected chi connectivity index (χ3v) is 1.58. The van der Waals surface area contributed by atoms with Gasteiger partial charge in [-0.05, 0) is 13.0 Å². The topological polar surface area (TPSA) is 37.3 Å². The van der Waals surface area contributed by atoms with E-state index in [9.17, 15) is 4.79 Å². The Labute approximate surface area is 77.5 Å². The van der Waals surface area contributed by atoms with Crippen LogP contribution < -0.4 is 0 Å². The number of hydrogen-bond acceptors (Lipinski definition) is 2. The normalized spacial score (nSPS) is 13.1. The molecule has 0 spiro atoms. The monoisotopic (exact) mass is 176 g/mol. The quantitative estimate of drug-likeness (QED) is 0.563. The second kappa shape index (κ2) is 4.58. The minimum atomic E-state index is -0.576. The largest absolute Gasteiger partial charge is 0.389 e. The standard InChI is InChI=1S/C11H12O2/c1-9(12)7-8-11(13)10-5-3-2-4-6-10/h2-9,12H,1H3/b8-7-. The van der Waals surface area contributed by atoms with Crippen LogP contribution in [0.5, 0.6) is 0 Å². The molecule has 0 aliphatic carbocycles. The molecule has 1 aromatic carbocycles. The zero-order valence-corrected chi connectivity index (χ0v) is 7.47. The van der Waals surface area contributed by atoms with E-state index in [-0.39, 0.29) is 5.78 Å². The van der Waals surface area contributed by atoms with E-state index < -0.39 is 6.10 Å². The highest BCUT2D eigenvalue weighted by Gasteiger charge is 1.99. The van der Waals surface area contributed by atoms with Crippen LogP contribution in [0.2, 0.25) is 0 Å². The van der Waals surface area contributed by atoms with Crippen LogP contribution in [0.1, 0.15) is 17.3 Å². The van der Waals surface area contributed by atoms with Gasteiger partial charge in [-0.3, -0.25) is 4.79 Å². The lowest BCUT2D eigenvalue weighted by Crippen LogP contribution is -1.97. The molecule has 0 aromatic heterocycles. The Morgan fingerprint density at radius 3 is 2.54 bits per heavy atom. The maximum atomic E-state index is 11.4. The first-order valence-corrected chi connectivity index (χ1v) is 4.16. The van der Waals surface area contributed by atoms with Crippen LogP contribution in [0.25, 0.3) is 0 Å². The van der Waals surface area contributed by atoms with Crippen molar-refractivity contribution in [1.29, 1.82) is 0 Å². The summed E-state index contributed by atoms with van der Waals surface area (Å²) in [5.74, 6) is -0.0819. The molecule has 1 aromatic rings. The van der Waals surface area contributed by atoms with E-state index in [1.807, 2.05) is 18.2 Å². The second-order valence-corrected chi connectivity index (χ2v) is 2.83. The van der Waals surface area contributed by atoms with E-state index in [1.165, 1.54) is 12.2 Å². The van der Waals surface area contributed by atoms with Crippen LogP contribution >= 0.6 is 0 Å². The number of aliphatic hydroxyl groups excluding tert-OH is 1. The van der Waals surface area contributed by atoms with Crippen LogP contribution in [-0.4, -0.2) is 17.0 Å². The summed E-state index contributed by atoms with van der Waals surface area (Å²) in [6.45, 7) is 1.61. The zero-order chi connectivity index (χ0) is 9.68. The van der Waals surface area contributed by atoms with Gasteiger partial charge < -0.3 is 5.11 Å². The minimum absolute atomic E-state index is 0.0819. The van der Waals surface area contributed by atoms with Gasteiger partial charge in [0.15, 0.2) is 5.78 Å². The third-order valence-electron chi connectivity index (χ3n) is 1.58. The molecule has 2 nitrogen and oxygen atoms in total. The summed E-state index contributed by atoms with van der Waals surface area (Å²) in [7, 11) is 0. The zero-order valence-electron chi connectivity index (χ0n) is 7.47. The van der Waals surface area contributed by atoms with Crippen molar-refractivity contribution < 1.29 is 9.90 Å². The first-order valence-electron chi connectivity index (χ1n) is 4.16. The minimum Gasteiger partial charge on any atom is -0.389 e. The van der Waals surface area contributed by atoms with Crippen molar-refractivity contribution in [2.24, 2.45) is 0 Å². The lowest BCUT2D eigenvalue weighted by Gasteiger charge is -1.95. The van der Waals surface area contributed by atoms with E-state index in [4.69, 9.17) is 5.11 Å². The summed E-state index contributed by atoms with van der Waals surface area (Å²) < 4.78 is 0. The van der Waals surface area contributed by atoms with Gasteiger partial charge >= 0.3 is 0 Å². The Morgan fingerprint density at radius 1 is 1.38 bits per heavy atom. The molecule has 1 rings (SSSR count). The Bertz CT molecular complexity index is 299. The molecule has 1 unspecified atom stereocenters. The summed E-state index contributed by atoms with van der Waals surface area (Å²) in [6, 6.07) is 8.96. The highest BCUT2D eigenvalue weighted by atomic mass is 16.3. The fraction of sp³-hybridized carbons (Fsp3) is 0.182. The van der Waals surface area contributed by atoms with Gasteiger partial charge in [0, 0.05) is 5.56 Å². The van der Waals surface area contributed by atoms with Gasteiger partial charge in [-0.1, -0.05) is 36.4 Å². The van der Waals surface area contributed by atoms with E-state index in [0.717, 1.165) is 0 Å². The average Bonchev–Trinajstić information content (AvgIpc) is 2.15. The maximum absolute atomic E-state index is 11.4. The van der Waals surface area contributed by atoms with E-state index in [1.54, 1.807) is 19.1 Å². The predicted molar refractivity (Wildman–Crippen MR) is 51.6 cm³/mol. The number of ketones is 1. The summed E-state index contributed by atoms with van der Waals surface area (Å²) in [4.78, 5) is 11.4. The number of carbonyl (C=O) groups excluding carboxylic acids is 1. The lowest BCUT2D eigenvalue weighted by molar-refractivity contribution is 0.104. The third kappa shape index (κ3) is 3.22. The molecule has 0 saturated heterocycles. The van der Waals surface area contributed by atoms with E-state index in [0.29, 0.717) is 5.56 Å². The van der Waals surface area contributed by atoms with Gasteiger partial charge in [0.25, 0.3) is 0 Å². The van der Waals surface area contributed by atoms with Crippen molar-refractivity contribution in [3.05, 3.63) is 48.0 Å². The number of rotatable bonds is 3. The van der Waals surface area contributed by atoms with Crippen molar-refractivity contribution >= 4 is 5.78 Å². The molecule has 0 saturated carbocycles. The first kappa shape index (κ1) is 9.68. The fourth-order valence-electron chi connectivity index (χ4n) is 0.925. The molecular weight excluding hydrogens is 164 g/mol. The highest BCUT2D eigenvalue weighted by Crippen LogP contribution is 2.00. The fourth-order valence-corrected chi connectivity index (χ4v) is 0.925. The molecule has 68 valence electrons. The Kier molecular flexibility index (Phi) is 3.41. The van der Waals surface area contributed by atoms with Gasteiger partial charge in [-0.15, -0.1) is 0 Å². The van der Waals surface area contributed by atoms with E-state index >= 15 is 0 Å². The number of benzene rings is 1. The summed E-state index contributed by atoms with van der Waals surface area (Å²) in [5.41, 5.74) is 0.638. The molecule has 1 atom stereocenters. The molecule has 0 amide bonds. The summed E-state index contributed by atoms with van der Waals surface area (Å²) in [5, 5.41) is 8.91. The van der Waals surface area contributed by atoms with Crippen molar-refractivity contribution in [3.63, 3.8) is 0 Å². The van der Waals surface area contributed by atoms with Gasteiger partial charge in [0.2, 0.25) is 0 Å². The summed E-state index contributed by atoms with van der Waals surface area (Å²) in [6.07, 6.45) is 2.28. The molecule has 0 fully saturated rings. The highest BCUT2D eigenvalue weighted by molar-refractivity contribution is 6.04. The predicted octanol–water partition coefficient (Wildman–Crippen LogP) is 1.81. The van der Waals surface area contributed by atoms with Gasteiger partial charge in [0.1, 0.15) is 0 Å². The maximum Gasteiger partial charge on any atom is 0.185 e. The van der Waals surface area contributed by atoms with Crippen LogP contribution in [0.15, 0.2) is 42.5 Å². The molecule has 0 aliphatic rings. The molecule has 1 N–H and O–H groups in total. The van der Waals surface area contributed by atoms with Gasteiger partial charge in [0.05, 0.1) is 6.10 Å². The molecular formula is C11H12O2. The number of allylic oxidation sites excluding steroid dienone is 1. The van der Waals surface area contributed by atoms with Gasteiger partial charge in [-0.2, -0.15) is 0 Å². The van der Waals surface area contributed by atoms with Crippen molar-refractivity contribution in [1.82, 2.24) is 0 Å². The van der Waals surface area contributed by atoms with Gasteiger partial charge in [-0.25, -0.2) is 0 Å². The molecule has 2 heteroatoms. The average molecular weight is 176 g/mol. The molecule has 13 heavy (non-hydrogen) atoms. The smallest absolute Gasteiger partial charge is 0.185 e. The first-order chi connectivity index (χ1) is 6.20. The van der Waals surface area contributed by atoms with Crippen LogP contribution in [0, 0.1) is 0 Å². The van der Waals surface area contributed by atoms with Crippen molar-refractivity contribution in [2.45, 2.75) is 13.0 Å². The molecule has 0 bridgehead atoms. The number of aliphatic hydroxyl groups is 1. The SMILES string of the molecule is CC(O)/C=C\C(=O)c1ccccc1. The molecule has 0 heterocycles. The Hall–Kier alpha value is -1.41. The lowest BCUT2D eigenvalue weighted by atomic mass is 10.1. The van der Waals surface area contributed by atoms with Crippen LogP contribution in [0.4, 0.5) is 0 Å². The van der Waals surface area contributed by atoms with Crippen LogP contribution in [-0.2, 0) is 0 Å². The molecule has 0 radical (unpaired) electrons. The Balaban J connectivity index is 2.70. The van der Waals surface area contributed by atoms with Crippen molar-refractivity contribution in [3.8, 4) is 0 Å². The van der Waals surface area contributed by atoms with E-state index in [2.05, 4.69) is 0 Å². The van der Waals surface area contributed by atoms with Crippen molar-refractivity contribution in [2.75, 3.05) is 0 Å². The molecule has 0 aliphatic heterocycles. The Morgan fingerprint density at radius 2 is 2.00 bits per heavy atom. The number of carbonyl (C=O) groups is 1. The number of hydrogen-bond donors (Lipinski definition) is 1. The second-order valence-electron chi connectivity index (χ2n) is 2.83.